The molecule has 5 nitrogen and oxygen atoms in total. The van der Waals surface area contributed by atoms with Gasteiger partial charge in [-0.05, 0) is 0 Å². The summed E-state index contributed by atoms with van der Waals surface area (Å²) in [7, 11) is -5.35. The Morgan fingerprint density at radius 1 is 1.44 bits per heavy atom. The normalized spacial score (nSPS) is 15.3. The molecular formula is C2H7O5PS. The van der Waals surface area contributed by atoms with Crippen molar-refractivity contribution in [2.75, 3.05) is 13.4 Å². The molecule has 0 N–H and O–H groups in total. The van der Waals surface area contributed by atoms with Gasteiger partial charge in [0.2, 0.25) is 0 Å². The largest absolute Gasteiger partial charge is 0.333 e. The Hall–Kier alpha value is 0.100. The zero-order valence-electron chi connectivity index (χ0n) is 4.95. The summed E-state index contributed by atoms with van der Waals surface area (Å²) in [6.45, 7) is 0. The van der Waals surface area contributed by atoms with E-state index in [1.54, 1.807) is 0 Å². The van der Waals surface area contributed by atoms with Crippen LogP contribution in [0.1, 0.15) is 0 Å². The summed E-state index contributed by atoms with van der Waals surface area (Å²) in [6, 6.07) is 0. The van der Waals surface area contributed by atoms with E-state index in [2.05, 4.69) is 8.49 Å². The van der Waals surface area contributed by atoms with Gasteiger partial charge in [0.15, 0.2) is 0 Å². The van der Waals surface area contributed by atoms with E-state index in [9.17, 15) is 13.0 Å². The van der Waals surface area contributed by atoms with Gasteiger partial charge in [-0.1, -0.05) is 0 Å². The molecule has 0 aromatic carbocycles. The monoisotopic (exact) mass is 174 g/mol. The predicted molar refractivity (Wildman–Crippen MR) is 31.9 cm³/mol. The molecule has 0 fully saturated rings. The lowest BCUT2D eigenvalue weighted by Gasteiger charge is -1.95. The van der Waals surface area contributed by atoms with E-state index < -0.39 is 18.4 Å². The van der Waals surface area contributed by atoms with Crippen LogP contribution in [0.15, 0.2) is 0 Å². The van der Waals surface area contributed by atoms with Gasteiger partial charge in [0.25, 0.3) is 10.1 Å². The third kappa shape index (κ3) is 5.98. The lowest BCUT2D eigenvalue weighted by atomic mass is 11.8. The minimum absolute atomic E-state index is 0.800. The molecule has 0 aliphatic carbocycles. The van der Waals surface area contributed by atoms with Crippen molar-refractivity contribution in [3.05, 3.63) is 0 Å². The van der Waals surface area contributed by atoms with E-state index >= 15 is 0 Å². The first-order valence-corrected chi connectivity index (χ1v) is 4.97. The fourth-order valence-corrected chi connectivity index (χ4v) is 1.42. The molecule has 9 heavy (non-hydrogen) atoms. The Labute approximate surface area is 54.0 Å². The summed E-state index contributed by atoms with van der Waals surface area (Å²) in [6.07, 6.45) is 0.800. The van der Waals surface area contributed by atoms with Crippen LogP contribution in [0.25, 0.3) is 0 Å². The van der Waals surface area contributed by atoms with Crippen molar-refractivity contribution >= 4 is 18.4 Å². The van der Waals surface area contributed by atoms with Crippen LogP contribution >= 0.6 is 8.25 Å². The molecule has 0 bridgehead atoms. The Balaban J connectivity index is 3.91. The highest BCUT2D eigenvalue weighted by atomic mass is 32.2. The number of rotatable bonds is 3. The molecule has 0 saturated carbocycles. The van der Waals surface area contributed by atoms with Gasteiger partial charge in [0.05, 0.1) is 6.26 Å². The van der Waals surface area contributed by atoms with Crippen LogP contribution in [0.2, 0.25) is 0 Å². The SMILES string of the molecule is CO[PH](=O)OS(C)(=O)=O. The zero-order valence-corrected chi connectivity index (χ0v) is 6.77. The Morgan fingerprint density at radius 3 is 2.00 bits per heavy atom. The summed E-state index contributed by atoms with van der Waals surface area (Å²) < 4.78 is 38.4. The van der Waals surface area contributed by atoms with Crippen LogP contribution in [-0.4, -0.2) is 21.8 Å². The molecule has 0 spiro atoms. The first kappa shape index (κ1) is 9.10. The third-order valence-corrected chi connectivity index (χ3v) is 2.47. The van der Waals surface area contributed by atoms with Gasteiger partial charge in [-0.3, -0.25) is 4.57 Å². The molecule has 56 valence electrons. The van der Waals surface area contributed by atoms with Crippen molar-refractivity contribution in [1.29, 1.82) is 0 Å². The molecule has 0 amide bonds. The van der Waals surface area contributed by atoms with Crippen LogP contribution in [0.5, 0.6) is 0 Å². The molecule has 1 atom stereocenters. The molecule has 0 aromatic rings. The fraction of sp³-hybridized carbons (Fsp3) is 1.00. The molecule has 0 aromatic heterocycles. The van der Waals surface area contributed by atoms with Crippen molar-refractivity contribution in [3.8, 4) is 0 Å². The van der Waals surface area contributed by atoms with Crippen molar-refractivity contribution in [2.45, 2.75) is 0 Å². The van der Waals surface area contributed by atoms with Gasteiger partial charge in [-0.15, -0.1) is 0 Å². The number of hydrogen-bond acceptors (Lipinski definition) is 5. The molecule has 0 heterocycles. The highest BCUT2D eigenvalue weighted by molar-refractivity contribution is 7.88. The highest BCUT2D eigenvalue weighted by Crippen LogP contribution is 2.23. The predicted octanol–water partition coefficient (Wildman–Crippen LogP) is -0.00130. The Kier molecular flexibility index (Phi) is 3.35. The van der Waals surface area contributed by atoms with Gasteiger partial charge in [0, 0.05) is 7.11 Å². The van der Waals surface area contributed by atoms with E-state index in [1.807, 2.05) is 0 Å². The summed E-state index contributed by atoms with van der Waals surface area (Å²) in [4.78, 5) is 0. The lowest BCUT2D eigenvalue weighted by molar-refractivity contribution is 0.350. The van der Waals surface area contributed by atoms with E-state index in [1.165, 1.54) is 0 Å². The molecular weight excluding hydrogens is 167 g/mol. The molecule has 0 aliphatic heterocycles. The van der Waals surface area contributed by atoms with Crippen LogP contribution in [-0.2, 0) is 23.2 Å². The van der Waals surface area contributed by atoms with E-state index in [-0.39, 0.29) is 0 Å². The topological polar surface area (TPSA) is 69.7 Å². The molecule has 0 rings (SSSR count). The number of hydrogen-bond donors (Lipinski definition) is 0. The second-order valence-electron chi connectivity index (χ2n) is 1.24. The van der Waals surface area contributed by atoms with Crippen LogP contribution < -0.4 is 0 Å². The molecule has 1 unspecified atom stereocenters. The van der Waals surface area contributed by atoms with Crippen LogP contribution in [0.3, 0.4) is 0 Å². The minimum atomic E-state index is -3.63. The first-order chi connectivity index (χ1) is 3.95. The van der Waals surface area contributed by atoms with Gasteiger partial charge in [-0.2, -0.15) is 12.4 Å². The quantitative estimate of drug-likeness (QED) is 0.563. The van der Waals surface area contributed by atoms with Crippen molar-refractivity contribution in [1.82, 2.24) is 0 Å². The third-order valence-electron chi connectivity index (χ3n) is 0.386. The average molecular weight is 174 g/mol. The van der Waals surface area contributed by atoms with Crippen molar-refractivity contribution in [3.63, 3.8) is 0 Å². The Bertz CT molecular complexity index is 193. The molecule has 0 aliphatic rings. The van der Waals surface area contributed by atoms with E-state index in [4.69, 9.17) is 0 Å². The van der Waals surface area contributed by atoms with Gasteiger partial charge < -0.3 is 4.52 Å². The second-order valence-corrected chi connectivity index (χ2v) is 4.22. The van der Waals surface area contributed by atoms with Crippen LogP contribution in [0, 0.1) is 0 Å². The summed E-state index contributed by atoms with van der Waals surface area (Å²) in [5.74, 6) is 0. The van der Waals surface area contributed by atoms with Crippen LogP contribution in [0.4, 0.5) is 0 Å². The van der Waals surface area contributed by atoms with E-state index in [0.717, 1.165) is 13.4 Å². The zero-order chi connectivity index (χ0) is 7.49. The summed E-state index contributed by atoms with van der Waals surface area (Å²) in [5.41, 5.74) is 0. The Morgan fingerprint density at radius 2 is 1.89 bits per heavy atom. The summed E-state index contributed by atoms with van der Waals surface area (Å²) in [5, 5.41) is 0. The molecule has 0 radical (unpaired) electrons. The average Bonchev–Trinajstić information content (AvgIpc) is 1.62. The smallest absolute Gasteiger partial charge is 0.313 e. The van der Waals surface area contributed by atoms with Crippen molar-refractivity contribution < 1.29 is 21.5 Å². The maximum absolute atomic E-state index is 10.2. The summed E-state index contributed by atoms with van der Waals surface area (Å²) >= 11 is 0. The molecule has 0 saturated heterocycles. The van der Waals surface area contributed by atoms with Gasteiger partial charge >= 0.3 is 8.25 Å². The second kappa shape index (κ2) is 3.31. The lowest BCUT2D eigenvalue weighted by Crippen LogP contribution is -1.95. The van der Waals surface area contributed by atoms with Gasteiger partial charge in [-0.25, -0.2) is 0 Å². The minimum Gasteiger partial charge on any atom is -0.313 e. The van der Waals surface area contributed by atoms with E-state index in [0.29, 0.717) is 0 Å². The van der Waals surface area contributed by atoms with Crippen molar-refractivity contribution in [2.24, 2.45) is 0 Å². The molecule has 7 heteroatoms. The highest BCUT2D eigenvalue weighted by Gasteiger charge is 2.05. The standard InChI is InChI=1S/C2H7O5PS/c1-6-8(3)7-9(2,4)5/h8H,1-2H3. The maximum Gasteiger partial charge on any atom is 0.333 e. The maximum atomic E-state index is 10.2. The van der Waals surface area contributed by atoms with Gasteiger partial charge in [0.1, 0.15) is 0 Å². The first-order valence-electron chi connectivity index (χ1n) is 1.93. The fourth-order valence-electron chi connectivity index (χ4n) is 0.158.